The van der Waals surface area contributed by atoms with E-state index >= 15 is 0 Å². The lowest BCUT2D eigenvalue weighted by Gasteiger charge is -2.18. The van der Waals surface area contributed by atoms with Crippen LogP contribution in [0, 0.1) is 11.3 Å². The van der Waals surface area contributed by atoms with Gasteiger partial charge in [0.15, 0.2) is 0 Å². The summed E-state index contributed by atoms with van der Waals surface area (Å²) in [5.74, 6) is -1.32. The standard InChI is InChI=1S/C28H22ClN3O4S/c1-2-36-28(35)19-14-12-18(13-15-19)16-24-26(34)32(20-8-4-3-5-9-20)27(37-24)21(17-30)25(33)31-23-11-7-6-10-22(23)29/h3-15,24H,2,16H2,1H3,(H,31,33). The highest BCUT2D eigenvalue weighted by Gasteiger charge is 2.40. The molecule has 1 aliphatic heterocycles. The van der Waals surface area contributed by atoms with E-state index in [1.54, 1.807) is 79.7 Å². The van der Waals surface area contributed by atoms with Crippen LogP contribution in [0.4, 0.5) is 11.4 Å². The Labute approximate surface area is 223 Å². The van der Waals surface area contributed by atoms with Crippen LogP contribution in [0.2, 0.25) is 5.02 Å². The summed E-state index contributed by atoms with van der Waals surface area (Å²) in [7, 11) is 0. The van der Waals surface area contributed by atoms with Gasteiger partial charge >= 0.3 is 5.97 Å². The molecule has 3 aromatic rings. The van der Waals surface area contributed by atoms with Crippen LogP contribution in [-0.2, 0) is 20.7 Å². The van der Waals surface area contributed by atoms with E-state index in [4.69, 9.17) is 16.3 Å². The van der Waals surface area contributed by atoms with Crippen LogP contribution < -0.4 is 10.2 Å². The Morgan fingerprint density at radius 3 is 2.38 bits per heavy atom. The van der Waals surface area contributed by atoms with Gasteiger partial charge in [-0.3, -0.25) is 14.5 Å². The lowest BCUT2D eigenvalue weighted by molar-refractivity contribution is -0.117. The molecule has 1 heterocycles. The SMILES string of the molecule is CCOC(=O)c1ccc(CC2SC(=C(C#N)C(=O)Nc3ccccc3Cl)N(c3ccccc3)C2=O)cc1. The number of nitrogens with one attached hydrogen (secondary N) is 1. The molecule has 0 aliphatic carbocycles. The fourth-order valence-electron chi connectivity index (χ4n) is 3.75. The van der Waals surface area contributed by atoms with Gasteiger partial charge in [-0.15, -0.1) is 0 Å². The van der Waals surface area contributed by atoms with Gasteiger partial charge in [0, 0.05) is 5.69 Å². The van der Waals surface area contributed by atoms with Crippen molar-refractivity contribution in [3.63, 3.8) is 0 Å². The first-order chi connectivity index (χ1) is 17.9. The van der Waals surface area contributed by atoms with E-state index in [1.807, 2.05) is 12.1 Å². The number of para-hydroxylation sites is 2. The highest BCUT2D eigenvalue weighted by Crippen LogP contribution is 2.42. The summed E-state index contributed by atoms with van der Waals surface area (Å²) in [5, 5.41) is 12.6. The third-order valence-corrected chi connectivity index (χ3v) is 7.12. The molecule has 0 saturated carbocycles. The Kier molecular flexibility index (Phi) is 8.29. The molecule has 1 saturated heterocycles. The van der Waals surface area contributed by atoms with E-state index in [2.05, 4.69) is 5.32 Å². The zero-order chi connectivity index (χ0) is 26.4. The second kappa shape index (κ2) is 11.8. The molecular formula is C28H22ClN3O4S. The maximum atomic E-state index is 13.6. The number of nitriles is 1. The molecule has 0 aromatic heterocycles. The molecule has 0 radical (unpaired) electrons. The summed E-state index contributed by atoms with van der Waals surface area (Å²) in [5.41, 5.74) is 1.97. The van der Waals surface area contributed by atoms with E-state index in [1.165, 1.54) is 4.90 Å². The Balaban J connectivity index is 1.65. The number of amides is 2. The highest BCUT2D eigenvalue weighted by atomic mass is 35.5. The molecule has 1 unspecified atom stereocenters. The third-order valence-electron chi connectivity index (χ3n) is 5.53. The average molecular weight is 532 g/mol. The lowest BCUT2D eigenvalue weighted by atomic mass is 10.1. The fourth-order valence-corrected chi connectivity index (χ4v) is 5.24. The van der Waals surface area contributed by atoms with Crippen molar-refractivity contribution in [2.75, 3.05) is 16.8 Å². The fraction of sp³-hybridized carbons (Fsp3) is 0.143. The molecule has 186 valence electrons. The number of esters is 1. The Morgan fingerprint density at radius 2 is 1.73 bits per heavy atom. The van der Waals surface area contributed by atoms with E-state index in [0.29, 0.717) is 28.4 Å². The van der Waals surface area contributed by atoms with Crippen molar-refractivity contribution in [1.29, 1.82) is 5.26 Å². The third kappa shape index (κ3) is 5.85. The van der Waals surface area contributed by atoms with Crippen molar-refractivity contribution in [2.45, 2.75) is 18.6 Å². The van der Waals surface area contributed by atoms with Crippen LogP contribution in [0.3, 0.4) is 0 Å². The maximum Gasteiger partial charge on any atom is 0.338 e. The summed E-state index contributed by atoms with van der Waals surface area (Å²) in [4.78, 5) is 40.1. The molecule has 0 spiro atoms. The van der Waals surface area contributed by atoms with Gasteiger partial charge in [-0.25, -0.2) is 4.79 Å². The Bertz CT molecular complexity index is 1400. The number of nitrogens with zero attached hydrogens (tertiary/aromatic N) is 2. The summed E-state index contributed by atoms with van der Waals surface area (Å²) in [6, 6.07) is 24.4. The van der Waals surface area contributed by atoms with Gasteiger partial charge in [0.1, 0.15) is 16.7 Å². The van der Waals surface area contributed by atoms with Crippen LogP contribution in [0.5, 0.6) is 0 Å². The van der Waals surface area contributed by atoms with E-state index < -0.39 is 17.1 Å². The van der Waals surface area contributed by atoms with Crippen LogP contribution in [0.15, 0.2) is 89.5 Å². The van der Waals surface area contributed by atoms with Crippen LogP contribution in [-0.4, -0.2) is 29.6 Å². The number of rotatable bonds is 7. The summed E-state index contributed by atoms with van der Waals surface area (Å²) in [6.07, 6.45) is 0.338. The smallest absolute Gasteiger partial charge is 0.338 e. The van der Waals surface area contributed by atoms with E-state index in [-0.39, 0.29) is 23.1 Å². The molecule has 1 aliphatic rings. The summed E-state index contributed by atoms with van der Waals surface area (Å²) in [6.45, 7) is 2.02. The summed E-state index contributed by atoms with van der Waals surface area (Å²) >= 11 is 7.33. The van der Waals surface area contributed by atoms with Gasteiger partial charge in [-0.05, 0) is 55.3 Å². The molecular weight excluding hydrogens is 510 g/mol. The number of benzene rings is 3. The van der Waals surface area contributed by atoms with Crippen LogP contribution in [0.1, 0.15) is 22.8 Å². The number of ether oxygens (including phenoxy) is 1. The number of thioether (sulfide) groups is 1. The molecule has 37 heavy (non-hydrogen) atoms. The van der Waals surface area contributed by atoms with Crippen molar-refractivity contribution >= 4 is 52.5 Å². The van der Waals surface area contributed by atoms with Crippen molar-refractivity contribution in [3.05, 3.63) is 106 Å². The summed E-state index contributed by atoms with van der Waals surface area (Å²) < 4.78 is 5.02. The molecule has 1 fully saturated rings. The largest absolute Gasteiger partial charge is 0.462 e. The Morgan fingerprint density at radius 1 is 1.05 bits per heavy atom. The second-order valence-corrected chi connectivity index (χ2v) is 9.56. The minimum Gasteiger partial charge on any atom is -0.462 e. The Hall–Kier alpha value is -4.06. The number of hydrogen-bond acceptors (Lipinski definition) is 6. The van der Waals surface area contributed by atoms with E-state index in [0.717, 1.165) is 17.3 Å². The van der Waals surface area contributed by atoms with Gasteiger partial charge in [0.2, 0.25) is 5.91 Å². The van der Waals surface area contributed by atoms with Crippen LogP contribution >= 0.6 is 23.4 Å². The predicted molar refractivity (Wildman–Crippen MR) is 144 cm³/mol. The van der Waals surface area contributed by atoms with Crippen molar-refractivity contribution < 1.29 is 19.1 Å². The van der Waals surface area contributed by atoms with Gasteiger partial charge in [-0.2, -0.15) is 5.26 Å². The van der Waals surface area contributed by atoms with E-state index in [9.17, 15) is 19.6 Å². The van der Waals surface area contributed by atoms with Crippen molar-refractivity contribution in [2.24, 2.45) is 0 Å². The monoisotopic (exact) mass is 531 g/mol. The quantitative estimate of drug-likeness (QED) is 0.243. The molecule has 0 bridgehead atoms. The number of halogens is 1. The normalized spacial score (nSPS) is 16.2. The molecule has 3 aromatic carbocycles. The molecule has 7 nitrogen and oxygen atoms in total. The average Bonchev–Trinajstić information content (AvgIpc) is 3.22. The number of hydrogen-bond donors (Lipinski definition) is 1. The number of carbonyl (C=O) groups is 3. The molecule has 1 N–H and O–H groups in total. The minimum absolute atomic E-state index is 0.192. The van der Waals surface area contributed by atoms with Crippen LogP contribution in [0.25, 0.3) is 0 Å². The van der Waals surface area contributed by atoms with Crippen molar-refractivity contribution in [1.82, 2.24) is 0 Å². The van der Waals surface area contributed by atoms with Gasteiger partial charge in [-0.1, -0.05) is 65.8 Å². The molecule has 9 heteroatoms. The first kappa shape index (κ1) is 26.0. The first-order valence-corrected chi connectivity index (χ1v) is 12.7. The lowest BCUT2D eigenvalue weighted by Crippen LogP contribution is -2.30. The molecule has 4 rings (SSSR count). The number of carbonyl (C=O) groups excluding carboxylic acids is 3. The van der Waals surface area contributed by atoms with Gasteiger partial charge in [0.05, 0.1) is 28.1 Å². The van der Waals surface area contributed by atoms with Gasteiger partial charge in [0.25, 0.3) is 5.91 Å². The highest BCUT2D eigenvalue weighted by molar-refractivity contribution is 8.05. The first-order valence-electron chi connectivity index (χ1n) is 11.4. The molecule has 1 atom stereocenters. The molecule has 2 amide bonds. The second-order valence-electron chi connectivity index (χ2n) is 7.96. The van der Waals surface area contributed by atoms with Gasteiger partial charge < -0.3 is 10.1 Å². The topological polar surface area (TPSA) is 99.5 Å². The number of anilines is 2. The predicted octanol–water partition coefficient (Wildman–Crippen LogP) is 5.58. The van der Waals surface area contributed by atoms with Crippen molar-refractivity contribution in [3.8, 4) is 6.07 Å². The zero-order valence-electron chi connectivity index (χ0n) is 19.8. The zero-order valence-corrected chi connectivity index (χ0v) is 21.4. The maximum absolute atomic E-state index is 13.6. The minimum atomic E-state index is -0.661.